The highest BCUT2D eigenvalue weighted by atomic mass is 32.1. The van der Waals surface area contributed by atoms with Gasteiger partial charge in [-0.15, -0.1) is 0 Å². The molecule has 0 aromatic heterocycles. The molecule has 1 aliphatic heterocycles. The number of rotatable bonds is 4. The van der Waals surface area contributed by atoms with Crippen LogP contribution in [0.15, 0.2) is 42.5 Å². The van der Waals surface area contributed by atoms with E-state index in [4.69, 9.17) is 12.2 Å². The molecule has 2 aromatic rings. The standard InChI is InChI=1S/C21H28N4OS/c1-15-7-5-8-16(2)25(15)14-13-20(26)23-24-21(27)22-19-12-6-10-17-9-3-4-11-18(17)19/h3-4,6,9-12,15-16H,5,7-8,13-14H2,1-2H3,(H,23,26)(H2,22,24,27)/t15-,16-/m1/s1. The molecule has 2 aromatic carbocycles. The third-order valence-corrected chi connectivity index (χ3v) is 5.53. The van der Waals surface area contributed by atoms with E-state index >= 15 is 0 Å². The number of amides is 1. The van der Waals surface area contributed by atoms with Crippen LogP contribution in [0.25, 0.3) is 10.8 Å². The summed E-state index contributed by atoms with van der Waals surface area (Å²) in [5, 5.41) is 5.75. The number of likely N-dealkylation sites (tertiary alicyclic amines) is 1. The number of nitrogens with one attached hydrogen (secondary N) is 3. The van der Waals surface area contributed by atoms with Crippen LogP contribution in [0.2, 0.25) is 0 Å². The van der Waals surface area contributed by atoms with Crippen LogP contribution in [0, 0.1) is 0 Å². The largest absolute Gasteiger partial charge is 0.331 e. The van der Waals surface area contributed by atoms with Gasteiger partial charge in [0.15, 0.2) is 5.11 Å². The summed E-state index contributed by atoms with van der Waals surface area (Å²) >= 11 is 5.32. The lowest BCUT2D eigenvalue weighted by Gasteiger charge is -2.38. The molecular formula is C21H28N4OS. The van der Waals surface area contributed by atoms with Crippen molar-refractivity contribution in [1.29, 1.82) is 0 Å². The van der Waals surface area contributed by atoms with E-state index in [1.54, 1.807) is 0 Å². The third-order valence-electron chi connectivity index (χ3n) is 5.33. The van der Waals surface area contributed by atoms with Crippen LogP contribution in [0.4, 0.5) is 5.69 Å². The Hall–Kier alpha value is -2.18. The Bertz CT molecular complexity index is 794. The summed E-state index contributed by atoms with van der Waals surface area (Å²) in [4.78, 5) is 14.6. The molecule has 0 bridgehead atoms. The Morgan fingerprint density at radius 3 is 2.56 bits per heavy atom. The van der Waals surface area contributed by atoms with Crippen molar-refractivity contribution in [3.63, 3.8) is 0 Å². The minimum Gasteiger partial charge on any atom is -0.331 e. The maximum Gasteiger partial charge on any atom is 0.239 e. The Morgan fingerprint density at radius 2 is 1.78 bits per heavy atom. The molecule has 1 fully saturated rings. The van der Waals surface area contributed by atoms with Gasteiger partial charge in [0.1, 0.15) is 0 Å². The molecule has 5 nitrogen and oxygen atoms in total. The van der Waals surface area contributed by atoms with E-state index in [-0.39, 0.29) is 5.91 Å². The topological polar surface area (TPSA) is 56.4 Å². The van der Waals surface area contributed by atoms with Crippen LogP contribution < -0.4 is 16.2 Å². The number of fused-ring (bicyclic) bond motifs is 1. The van der Waals surface area contributed by atoms with E-state index in [0.29, 0.717) is 23.6 Å². The third kappa shape index (κ3) is 5.17. The van der Waals surface area contributed by atoms with Crippen LogP contribution in [0.5, 0.6) is 0 Å². The highest BCUT2D eigenvalue weighted by molar-refractivity contribution is 7.80. The summed E-state index contributed by atoms with van der Waals surface area (Å²) in [7, 11) is 0. The van der Waals surface area contributed by atoms with Gasteiger partial charge in [-0.25, -0.2) is 0 Å². The first kappa shape index (κ1) is 19.6. The van der Waals surface area contributed by atoms with Crippen molar-refractivity contribution in [3.8, 4) is 0 Å². The zero-order valence-electron chi connectivity index (χ0n) is 16.0. The smallest absolute Gasteiger partial charge is 0.239 e. The van der Waals surface area contributed by atoms with Crippen LogP contribution in [0.3, 0.4) is 0 Å². The summed E-state index contributed by atoms with van der Waals surface area (Å²) in [6, 6.07) is 15.2. The molecule has 1 aliphatic rings. The van der Waals surface area contributed by atoms with Crippen molar-refractivity contribution < 1.29 is 4.79 Å². The molecule has 144 valence electrons. The fraction of sp³-hybridized carbons (Fsp3) is 0.429. The maximum atomic E-state index is 12.2. The van der Waals surface area contributed by atoms with Crippen LogP contribution in [-0.2, 0) is 4.79 Å². The highest BCUT2D eigenvalue weighted by Gasteiger charge is 2.24. The second kappa shape index (κ2) is 9.15. The van der Waals surface area contributed by atoms with E-state index in [0.717, 1.165) is 23.0 Å². The quantitative estimate of drug-likeness (QED) is 0.553. The molecule has 0 saturated carbocycles. The van der Waals surface area contributed by atoms with Crippen molar-refractivity contribution >= 4 is 39.7 Å². The zero-order valence-corrected chi connectivity index (χ0v) is 16.8. The Morgan fingerprint density at radius 1 is 1.07 bits per heavy atom. The maximum absolute atomic E-state index is 12.2. The first-order valence-electron chi connectivity index (χ1n) is 9.64. The number of hydrogen-bond donors (Lipinski definition) is 3. The van der Waals surface area contributed by atoms with Crippen molar-refractivity contribution in [2.45, 2.75) is 51.6 Å². The van der Waals surface area contributed by atoms with Gasteiger partial charge in [0, 0.05) is 36.1 Å². The number of carbonyl (C=O) groups is 1. The van der Waals surface area contributed by atoms with E-state index < -0.39 is 0 Å². The minimum absolute atomic E-state index is 0.0537. The monoisotopic (exact) mass is 384 g/mol. The van der Waals surface area contributed by atoms with Gasteiger partial charge in [0.05, 0.1) is 0 Å². The van der Waals surface area contributed by atoms with Crippen molar-refractivity contribution in [3.05, 3.63) is 42.5 Å². The van der Waals surface area contributed by atoms with Crippen LogP contribution >= 0.6 is 12.2 Å². The van der Waals surface area contributed by atoms with Gasteiger partial charge in [-0.2, -0.15) is 0 Å². The van der Waals surface area contributed by atoms with Gasteiger partial charge in [0.25, 0.3) is 0 Å². The molecule has 6 heteroatoms. The molecule has 0 radical (unpaired) electrons. The second-order valence-corrected chi connectivity index (χ2v) is 7.68. The summed E-state index contributed by atoms with van der Waals surface area (Å²) in [6.45, 7) is 5.27. The molecule has 2 atom stereocenters. The zero-order chi connectivity index (χ0) is 19.2. The predicted octanol–water partition coefficient (Wildman–Crippen LogP) is 3.81. The lowest BCUT2D eigenvalue weighted by molar-refractivity contribution is -0.122. The van der Waals surface area contributed by atoms with E-state index in [1.165, 1.54) is 19.3 Å². The number of thiocarbonyl (C=S) groups is 1. The summed E-state index contributed by atoms with van der Waals surface area (Å²) < 4.78 is 0. The number of nitrogens with zero attached hydrogens (tertiary/aromatic N) is 1. The van der Waals surface area contributed by atoms with Gasteiger partial charge in [-0.1, -0.05) is 42.8 Å². The minimum atomic E-state index is -0.0537. The molecule has 1 amide bonds. The van der Waals surface area contributed by atoms with Crippen molar-refractivity contribution in [1.82, 2.24) is 15.8 Å². The summed E-state index contributed by atoms with van der Waals surface area (Å²) in [5.41, 5.74) is 6.42. The number of piperidine rings is 1. The van der Waals surface area contributed by atoms with Crippen LogP contribution in [-0.4, -0.2) is 34.5 Å². The number of hydrogen-bond acceptors (Lipinski definition) is 3. The number of benzene rings is 2. The number of hydrazine groups is 1. The van der Waals surface area contributed by atoms with Gasteiger partial charge >= 0.3 is 0 Å². The lowest BCUT2D eigenvalue weighted by atomic mass is 9.97. The Labute approximate surface area is 166 Å². The average molecular weight is 385 g/mol. The SMILES string of the molecule is C[C@@H]1CCC[C@@H](C)N1CCC(=O)NNC(=S)Nc1cccc2ccccc12. The normalized spacial score (nSPS) is 20.2. The van der Waals surface area contributed by atoms with E-state index in [2.05, 4.69) is 47.0 Å². The Kier molecular flexibility index (Phi) is 6.63. The van der Waals surface area contributed by atoms with Crippen LogP contribution in [0.1, 0.15) is 39.5 Å². The lowest BCUT2D eigenvalue weighted by Crippen LogP contribution is -2.47. The van der Waals surface area contributed by atoms with E-state index in [1.807, 2.05) is 30.3 Å². The summed E-state index contributed by atoms with van der Waals surface area (Å²) in [6.07, 6.45) is 4.16. The first-order valence-corrected chi connectivity index (χ1v) is 10.0. The number of carbonyl (C=O) groups excluding carboxylic acids is 1. The predicted molar refractivity (Wildman–Crippen MR) is 116 cm³/mol. The molecular weight excluding hydrogens is 356 g/mol. The first-order chi connectivity index (χ1) is 13.0. The number of anilines is 1. The fourth-order valence-corrected chi connectivity index (χ4v) is 3.98. The Balaban J connectivity index is 1.46. The second-order valence-electron chi connectivity index (χ2n) is 7.27. The average Bonchev–Trinajstić information content (AvgIpc) is 2.66. The summed E-state index contributed by atoms with van der Waals surface area (Å²) in [5.74, 6) is -0.0537. The fourth-order valence-electron chi connectivity index (χ4n) is 3.82. The van der Waals surface area contributed by atoms with Crippen molar-refractivity contribution in [2.75, 3.05) is 11.9 Å². The molecule has 3 rings (SSSR count). The van der Waals surface area contributed by atoms with Gasteiger partial charge < -0.3 is 5.32 Å². The van der Waals surface area contributed by atoms with Gasteiger partial charge in [-0.3, -0.25) is 20.5 Å². The molecule has 3 N–H and O–H groups in total. The molecule has 0 unspecified atom stereocenters. The van der Waals surface area contributed by atoms with Gasteiger partial charge in [-0.05, 0) is 50.4 Å². The molecule has 27 heavy (non-hydrogen) atoms. The molecule has 0 aliphatic carbocycles. The highest BCUT2D eigenvalue weighted by Crippen LogP contribution is 2.23. The van der Waals surface area contributed by atoms with Crippen molar-refractivity contribution in [2.24, 2.45) is 0 Å². The molecule has 0 spiro atoms. The molecule has 1 heterocycles. The van der Waals surface area contributed by atoms with E-state index in [9.17, 15) is 4.79 Å². The van der Waals surface area contributed by atoms with Gasteiger partial charge in [0.2, 0.25) is 5.91 Å². The molecule has 1 saturated heterocycles.